The summed E-state index contributed by atoms with van der Waals surface area (Å²) in [6.07, 6.45) is 0. The van der Waals surface area contributed by atoms with Crippen molar-refractivity contribution in [2.24, 2.45) is 0 Å². The van der Waals surface area contributed by atoms with Gasteiger partial charge in [-0.3, -0.25) is 10.1 Å². The van der Waals surface area contributed by atoms with Gasteiger partial charge in [0.15, 0.2) is 0 Å². The Kier molecular flexibility index (Phi) is 4.15. The fraction of sp³-hybridized carbons (Fsp3) is 0. The van der Waals surface area contributed by atoms with Crippen LogP contribution in [0.5, 0.6) is 0 Å². The first-order valence-electron chi connectivity index (χ1n) is 5.59. The van der Waals surface area contributed by atoms with Gasteiger partial charge >= 0.3 is 6.03 Å². The summed E-state index contributed by atoms with van der Waals surface area (Å²) in [5, 5.41) is 5.06. The Labute approximate surface area is 115 Å². The van der Waals surface area contributed by atoms with Gasteiger partial charge in [0.25, 0.3) is 5.91 Å². The van der Waals surface area contributed by atoms with E-state index < -0.39 is 11.9 Å². The first kappa shape index (κ1) is 13.1. The maximum atomic E-state index is 11.8. The van der Waals surface area contributed by atoms with Gasteiger partial charge in [-0.1, -0.05) is 41.9 Å². The van der Waals surface area contributed by atoms with E-state index in [9.17, 15) is 9.59 Å². The number of carbonyl (C=O) groups excluding carboxylic acids is 2. The van der Waals surface area contributed by atoms with Crippen molar-refractivity contribution in [1.29, 1.82) is 0 Å². The van der Waals surface area contributed by atoms with E-state index in [1.165, 1.54) is 0 Å². The van der Waals surface area contributed by atoms with E-state index in [1.807, 2.05) is 6.07 Å². The van der Waals surface area contributed by atoms with E-state index in [0.29, 0.717) is 10.7 Å². The van der Waals surface area contributed by atoms with Crippen LogP contribution < -0.4 is 10.6 Å². The highest BCUT2D eigenvalue weighted by Gasteiger charge is 2.12. The van der Waals surface area contributed by atoms with Gasteiger partial charge in [-0.15, -0.1) is 0 Å². The second-order valence-corrected chi connectivity index (χ2v) is 4.16. The molecule has 5 heteroatoms. The van der Waals surface area contributed by atoms with E-state index in [1.54, 1.807) is 48.5 Å². The van der Waals surface area contributed by atoms with Crippen molar-refractivity contribution in [3.05, 3.63) is 65.2 Å². The first-order valence-corrected chi connectivity index (χ1v) is 5.96. The summed E-state index contributed by atoms with van der Waals surface area (Å²) in [6, 6.07) is 14.8. The molecule has 2 rings (SSSR count). The molecule has 0 spiro atoms. The molecule has 96 valence electrons. The molecule has 0 unspecified atom stereocenters. The quantitative estimate of drug-likeness (QED) is 0.883. The fourth-order valence-corrected chi connectivity index (χ4v) is 1.72. The minimum atomic E-state index is -0.601. The molecule has 2 aromatic carbocycles. The molecule has 0 saturated carbocycles. The summed E-state index contributed by atoms with van der Waals surface area (Å²) in [7, 11) is 0. The van der Waals surface area contributed by atoms with E-state index >= 15 is 0 Å². The topological polar surface area (TPSA) is 58.2 Å². The lowest BCUT2D eigenvalue weighted by Gasteiger charge is -2.07. The Bertz CT molecular complexity index is 599. The number of benzene rings is 2. The van der Waals surface area contributed by atoms with Gasteiger partial charge < -0.3 is 5.32 Å². The molecule has 0 atom stereocenters. The van der Waals surface area contributed by atoms with Crippen molar-refractivity contribution in [2.45, 2.75) is 0 Å². The van der Waals surface area contributed by atoms with Crippen LogP contribution in [0.25, 0.3) is 0 Å². The lowest BCUT2D eigenvalue weighted by atomic mass is 10.2. The Hall–Kier alpha value is -2.33. The molecule has 0 aliphatic carbocycles. The molecule has 2 aromatic rings. The highest BCUT2D eigenvalue weighted by Crippen LogP contribution is 2.14. The predicted molar refractivity (Wildman–Crippen MR) is 74.4 cm³/mol. The first-order chi connectivity index (χ1) is 9.16. The smallest absolute Gasteiger partial charge is 0.308 e. The van der Waals surface area contributed by atoms with Crippen molar-refractivity contribution in [3.63, 3.8) is 0 Å². The van der Waals surface area contributed by atoms with Crippen LogP contribution in [0.1, 0.15) is 10.4 Å². The minimum Gasteiger partial charge on any atom is -0.308 e. The summed E-state index contributed by atoms with van der Waals surface area (Å²) in [4.78, 5) is 23.4. The van der Waals surface area contributed by atoms with Gasteiger partial charge in [-0.05, 0) is 24.3 Å². The molecule has 0 saturated heterocycles. The maximum Gasteiger partial charge on any atom is 0.326 e. The van der Waals surface area contributed by atoms with Gasteiger partial charge in [0.2, 0.25) is 0 Å². The van der Waals surface area contributed by atoms with Crippen LogP contribution in [-0.2, 0) is 0 Å². The number of hydrogen-bond acceptors (Lipinski definition) is 2. The number of rotatable bonds is 2. The van der Waals surface area contributed by atoms with Crippen LogP contribution in [0, 0.1) is 0 Å². The van der Waals surface area contributed by atoms with Crippen LogP contribution in [-0.4, -0.2) is 11.9 Å². The molecule has 2 N–H and O–H groups in total. The minimum absolute atomic E-state index is 0.257. The molecule has 19 heavy (non-hydrogen) atoms. The summed E-state index contributed by atoms with van der Waals surface area (Å²) in [6.45, 7) is 0. The van der Waals surface area contributed by atoms with Gasteiger partial charge in [0.1, 0.15) is 0 Å². The van der Waals surface area contributed by atoms with Crippen LogP contribution >= 0.6 is 11.6 Å². The zero-order chi connectivity index (χ0) is 13.7. The number of anilines is 1. The van der Waals surface area contributed by atoms with Gasteiger partial charge in [0, 0.05) is 5.69 Å². The molecular formula is C14H11ClN2O2. The number of para-hydroxylation sites is 1. The lowest BCUT2D eigenvalue weighted by molar-refractivity contribution is 0.0967. The van der Waals surface area contributed by atoms with Crippen molar-refractivity contribution in [3.8, 4) is 0 Å². The summed E-state index contributed by atoms with van der Waals surface area (Å²) in [5.74, 6) is -0.543. The monoisotopic (exact) mass is 274 g/mol. The molecule has 0 aliphatic heterocycles. The Balaban J connectivity index is 2.00. The van der Waals surface area contributed by atoms with Crippen LogP contribution in [0.3, 0.4) is 0 Å². The molecule has 0 aromatic heterocycles. The Morgan fingerprint density at radius 1 is 0.895 bits per heavy atom. The third kappa shape index (κ3) is 3.56. The maximum absolute atomic E-state index is 11.8. The van der Waals surface area contributed by atoms with Crippen LogP contribution in [0.4, 0.5) is 10.5 Å². The van der Waals surface area contributed by atoms with E-state index in [4.69, 9.17) is 11.6 Å². The highest BCUT2D eigenvalue weighted by atomic mass is 35.5. The van der Waals surface area contributed by atoms with E-state index in [-0.39, 0.29) is 5.56 Å². The summed E-state index contributed by atoms with van der Waals surface area (Å²) >= 11 is 5.87. The van der Waals surface area contributed by atoms with Crippen LogP contribution in [0.15, 0.2) is 54.6 Å². The predicted octanol–water partition coefficient (Wildman–Crippen LogP) is 3.30. The Morgan fingerprint density at radius 3 is 2.21 bits per heavy atom. The Morgan fingerprint density at radius 2 is 1.53 bits per heavy atom. The van der Waals surface area contributed by atoms with Crippen molar-refractivity contribution >= 4 is 29.2 Å². The number of urea groups is 1. The molecule has 0 fully saturated rings. The number of amides is 3. The van der Waals surface area contributed by atoms with Gasteiger partial charge in [0.05, 0.1) is 10.6 Å². The zero-order valence-electron chi connectivity index (χ0n) is 9.89. The largest absolute Gasteiger partial charge is 0.326 e. The average molecular weight is 275 g/mol. The molecule has 3 amide bonds. The second kappa shape index (κ2) is 6.02. The molecule has 0 bridgehead atoms. The van der Waals surface area contributed by atoms with E-state index in [2.05, 4.69) is 10.6 Å². The molecule has 0 heterocycles. The fourth-order valence-electron chi connectivity index (χ4n) is 1.50. The molecule has 0 aliphatic rings. The second-order valence-electron chi connectivity index (χ2n) is 3.75. The summed E-state index contributed by atoms with van der Waals surface area (Å²) < 4.78 is 0. The summed E-state index contributed by atoms with van der Waals surface area (Å²) in [5.41, 5.74) is 0.860. The average Bonchev–Trinajstić information content (AvgIpc) is 2.40. The van der Waals surface area contributed by atoms with E-state index in [0.717, 1.165) is 0 Å². The third-order valence-corrected chi connectivity index (χ3v) is 2.71. The number of carbonyl (C=O) groups is 2. The third-order valence-electron chi connectivity index (χ3n) is 2.38. The molecular weight excluding hydrogens is 264 g/mol. The van der Waals surface area contributed by atoms with Gasteiger partial charge in [-0.25, -0.2) is 4.79 Å². The number of hydrogen-bond donors (Lipinski definition) is 2. The number of halogens is 1. The van der Waals surface area contributed by atoms with Crippen LogP contribution in [0.2, 0.25) is 5.02 Å². The normalized spacial score (nSPS) is 9.74. The van der Waals surface area contributed by atoms with Crippen molar-refractivity contribution < 1.29 is 9.59 Å². The zero-order valence-corrected chi connectivity index (χ0v) is 10.6. The number of imide groups is 1. The van der Waals surface area contributed by atoms with Gasteiger partial charge in [-0.2, -0.15) is 0 Å². The molecule has 0 radical (unpaired) electrons. The highest BCUT2D eigenvalue weighted by molar-refractivity contribution is 6.34. The molecule has 4 nitrogen and oxygen atoms in total. The SMILES string of the molecule is O=C(NC(=O)c1ccccc1Cl)Nc1ccccc1. The van der Waals surface area contributed by atoms with Crippen molar-refractivity contribution in [2.75, 3.05) is 5.32 Å². The van der Waals surface area contributed by atoms with Crippen molar-refractivity contribution in [1.82, 2.24) is 5.32 Å². The number of nitrogens with one attached hydrogen (secondary N) is 2. The standard InChI is InChI=1S/C14H11ClN2O2/c15-12-9-5-4-8-11(12)13(18)17-14(19)16-10-6-2-1-3-7-10/h1-9H,(H2,16,17,18,19). The lowest BCUT2D eigenvalue weighted by Crippen LogP contribution is -2.34.